The van der Waals surface area contributed by atoms with Crippen molar-refractivity contribution in [1.82, 2.24) is 14.9 Å². The molecular weight excluding hydrogens is 314 g/mol. The van der Waals surface area contributed by atoms with E-state index in [1.54, 1.807) is 7.11 Å². The van der Waals surface area contributed by atoms with Crippen molar-refractivity contribution in [2.45, 2.75) is 18.9 Å². The number of hydrogen-bond acceptors (Lipinski definition) is 3. The highest BCUT2D eigenvalue weighted by atomic mass is 16.5. The van der Waals surface area contributed by atoms with E-state index in [-0.39, 0.29) is 5.91 Å². The van der Waals surface area contributed by atoms with Gasteiger partial charge in [0.1, 0.15) is 5.82 Å². The summed E-state index contributed by atoms with van der Waals surface area (Å²) >= 11 is 0. The second-order valence-corrected chi connectivity index (χ2v) is 6.00. The first-order chi connectivity index (χ1) is 12.2. The number of ether oxygens (including phenoxy) is 1. The molecule has 25 heavy (non-hydrogen) atoms. The second kappa shape index (κ2) is 7.94. The van der Waals surface area contributed by atoms with E-state index in [0.717, 1.165) is 35.3 Å². The number of methoxy groups -OCH3 is 1. The number of benzene rings is 2. The van der Waals surface area contributed by atoms with Gasteiger partial charge in [-0.2, -0.15) is 0 Å². The van der Waals surface area contributed by atoms with E-state index in [1.807, 2.05) is 55.6 Å². The molecule has 0 unspecified atom stereocenters. The maximum atomic E-state index is 12.3. The Morgan fingerprint density at radius 1 is 1.16 bits per heavy atom. The van der Waals surface area contributed by atoms with Gasteiger partial charge in [-0.15, -0.1) is 0 Å². The van der Waals surface area contributed by atoms with Crippen LogP contribution in [0.3, 0.4) is 0 Å². The number of rotatable bonds is 7. The van der Waals surface area contributed by atoms with Gasteiger partial charge in [-0.3, -0.25) is 4.79 Å². The normalized spacial score (nSPS) is 12.2. The number of amides is 1. The maximum Gasteiger partial charge on any atom is 0.253 e. The van der Waals surface area contributed by atoms with Crippen LogP contribution >= 0.6 is 0 Å². The van der Waals surface area contributed by atoms with Gasteiger partial charge >= 0.3 is 0 Å². The number of nitrogens with one attached hydrogen (secondary N) is 1. The van der Waals surface area contributed by atoms with Crippen LogP contribution in [0, 0.1) is 0 Å². The Morgan fingerprint density at radius 2 is 1.88 bits per heavy atom. The van der Waals surface area contributed by atoms with E-state index in [0.29, 0.717) is 6.54 Å². The Morgan fingerprint density at radius 3 is 2.60 bits per heavy atom. The van der Waals surface area contributed by atoms with E-state index in [4.69, 9.17) is 4.74 Å². The fraction of sp³-hybridized carbons (Fsp3) is 0.300. The number of imidazole rings is 1. The van der Waals surface area contributed by atoms with Crippen LogP contribution in [0.25, 0.3) is 11.0 Å². The molecule has 1 amide bonds. The van der Waals surface area contributed by atoms with Crippen molar-refractivity contribution in [3.8, 4) is 0 Å². The van der Waals surface area contributed by atoms with Crippen molar-refractivity contribution in [2.24, 2.45) is 7.05 Å². The molecule has 0 aliphatic carbocycles. The first-order valence-electron chi connectivity index (χ1n) is 8.46. The summed E-state index contributed by atoms with van der Waals surface area (Å²) in [6, 6.07) is 17.6. The molecule has 0 aliphatic rings. The molecule has 5 heteroatoms. The van der Waals surface area contributed by atoms with E-state index in [9.17, 15) is 4.79 Å². The number of nitrogens with zero attached hydrogens (tertiary/aromatic N) is 2. The van der Waals surface area contributed by atoms with Gasteiger partial charge < -0.3 is 14.6 Å². The lowest BCUT2D eigenvalue weighted by Gasteiger charge is -2.15. The Balaban J connectivity index is 1.53. The van der Waals surface area contributed by atoms with Gasteiger partial charge in [0.05, 0.1) is 11.0 Å². The van der Waals surface area contributed by atoms with Crippen LogP contribution in [-0.4, -0.2) is 29.1 Å². The minimum atomic E-state index is -0.572. The van der Waals surface area contributed by atoms with Crippen molar-refractivity contribution >= 4 is 16.9 Å². The summed E-state index contributed by atoms with van der Waals surface area (Å²) in [5, 5.41) is 2.95. The molecule has 0 saturated carbocycles. The van der Waals surface area contributed by atoms with Crippen LogP contribution in [0.2, 0.25) is 0 Å². The monoisotopic (exact) mass is 337 g/mol. The molecule has 0 spiro atoms. The smallest absolute Gasteiger partial charge is 0.253 e. The number of carbonyl (C=O) groups excluding carboxylic acids is 1. The maximum absolute atomic E-state index is 12.3. The van der Waals surface area contributed by atoms with E-state index >= 15 is 0 Å². The minimum absolute atomic E-state index is 0.112. The molecular formula is C20H23N3O2. The van der Waals surface area contributed by atoms with Crippen LogP contribution in [0.5, 0.6) is 0 Å². The van der Waals surface area contributed by atoms with E-state index < -0.39 is 6.10 Å². The van der Waals surface area contributed by atoms with E-state index in [1.165, 1.54) is 0 Å². The molecule has 130 valence electrons. The average molecular weight is 337 g/mol. The molecule has 0 saturated heterocycles. The first-order valence-corrected chi connectivity index (χ1v) is 8.46. The lowest BCUT2D eigenvalue weighted by atomic mass is 10.1. The van der Waals surface area contributed by atoms with Crippen molar-refractivity contribution in [2.75, 3.05) is 13.7 Å². The minimum Gasteiger partial charge on any atom is -0.367 e. The predicted octanol–water partition coefficient (Wildman–Crippen LogP) is 3.01. The summed E-state index contributed by atoms with van der Waals surface area (Å²) in [6.07, 6.45) is 1.07. The third-order valence-corrected chi connectivity index (χ3v) is 4.33. The van der Waals surface area contributed by atoms with Gasteiger partial charge in [0, 0.05) is 27.1 Å². The van der Waals surface area contributed by atoms with Crippen LogP contribution < -0.4 is 5.32 Å². The zero-order valence-corrected chi connectivity index (χ0v) is 14.6. The van der Waals surface area contributed by atoms with Gasteiger partial charge in [-0.05, 0) is 24.1 Å². The number of carbonyl (C=O) groups is 1. The number of aryl methyl sites for hydroxylation is 2. The zero-order chi connectivity index (χ0) is 17.6. The fourth-order valence-electron chi connectivity index (χ4n) is 2.99. The zero-order valence-electron chi connectivity index (χ0n) is 14.6. The molecule has 5 nitrogen and oxygen atoms in total. The molecule has 1 heterocycles. The van der Waals surface area contributed by atoms with Gasteiger partial charge in [-0.1, -0.05) is 42.5 Å². The highest BCUT2D eigenvalue weighted by Crippen LogP contribution is 2.17. The molecule has 1 atom stereocenters. The van der Waals surface area contributed by atoms with Crippen LogP contribution in [0.1, 0.15) is 23.9 Å². The summed E-state index contributed by atoms with van der Waals surface area (Å²) in [4.78, 5) is 17.0. The molecule has 2 aromatic carbocycles. The first kappa shape index (κ1) is 17.2. The van der Waals surface area contributed by atoms with Gasteiger partial charge in [0.25, 0.3) is 5.91 Å². The predicted molar refractivity (Wildman–Crippen MR) is 98.2 cm³/mol. The highest BCUT2D eigenvalue weighted by Gasteiger charge is 2.19. The molecule has 3 aromatic rings. The summed E-state index contributed by atoms with van der Waals surface area (Å²) in [7, 11) is 3.58. The molecule has 0 radical (unpaired) electrons. The molecule has 0 aliphatic heterocycles. The van der Waals surface area contributed by atoms with Crippen molar-refractivity contribution < 1.29 is 9.53 Å². The third-order valence-electron chi connectivity index (χ3n) is 4.33. The van der Waals surface area contributed by atoms with Gasteiger partial charge in [0.2, 0.25) is 0 Å². The topological polar surface area (TPSA) is 56.1 Å². The standard InChI is InChI=1S/C20H23N3O2/c1-23-17-12-7-6-11-16(17)22-18(23)13-8-14-21-20(24)19(25-2)15-9-4-3-5-10-15/h3-7,9-12,19H,8,13-14H2,1-2H3,(H,21,24)/t19-/m0/s1. The molecule has 1 aromatic heterocycles. The summed E-state index contributed by atoms with van der Waals surface area (Å²) in [5.41, 5.74) is 3.00. The Hall–Kier alpha value is -2.66. The lowest BCUT2D eigenvalue weighted by molar-refractivity contribution is -0.131. The lowest BCUT2D eigenvalue weighted by Crippen LogP contribution is -2.31. The summed E-state index contributed by atoms with van der Waals surface area (Å²) in [5.74, 6) is 0.917. The quantitative estimate of drug-likeness (QED) is 0.674. The van der Waals surface area contributed by atoms with Gasteiger partial charge in [-0.25, -0.2) is 4.98 Å². The molecule has 0 bridgehead atoms. The average Bonchev–Trinajstić information content (AvgIpc) is 2.97. The number of hydrogen-bond donors (Lipinski definition) is 1. The Labute approximate surface area is 147 Å². The van der Waals surface area contributed by atoms with Crippen LogP contribution in [0.4, 0.5) is 0 Å². The highest BCUT2D eigenvalue weighted by molar-refractivity contribution is 5.82. The van der Waals surface area contributed by atoms with Crippen molar-refractivity contribution in [1.29, 1.82) is 0 Å². The second-order valence-electron chi connectivity index (χ2n) is 6.00. The summed E-state index contributed by atoms with van der Waals surface area (Å²) < 4.78 is 7.45. The molecule has 1 N–H and O–H groups in total. The van der Waals surface area contributed by atoms with Crippen LogP contribution in [0.15, 0.2) is 54.6 Å². The summed E-state index contributed by atoms with van der Waals surface area (Å²) in [6.45, 7) is 0.592. The van der Waals surface area contributed by atoms with E-state index in [2.05, 4.69) is 20.9 Å². The fourth-order valence-corrected chi connectivity index (χ4v) is 2.99. The van der Waals surface area contributed by atoms with Gasteiger partial charge in [0.15, 0.2) is 6.10 Å². The Bertz CT molecular complexity index is 843. The SMILES string of the molecule is CO[C@H](C(=O)NCCCc1nc2ccccc2n1C)c1ccccc1. The van der Waals surface area contributed by atoms with Crippen molar-refractivity contribution in [3.05, 3.63) is 66.0 Å². The molecule has 0 fully saturated rings. The number of para-hydroxylation sites is 2. The third kappa shape index (κ3) is 3.88. The Kier molecular flexibility index (Phi) is 5.46. The van der Waals surface area contributed by atoms with Crippen molar-refractivity contribution in [3.63, 3.8) is 0 Å². The largest absolute Gasteiger partial charge is 0.367 e. The number of aromatic nitrogens is 2. The van der Waals surface area contributed by atoms with Crippen LogP contribution in [-0.2, 0) is 23.0 Å². The molecule has 3 rings (SSSR count). The number of fused-ring (bicyclic) bond motifs is 1.